The predicted octanol–water partition coefficient (Wildman–Crippen LogP) is 1.95. The molecule has 6 nitrogen and oxygen atoms in total. The Labute approximate surface area is 106 Å². The fraction of sp³-hybridized carbons (Fsp3) is 0.417. The summed E-state index contributed by atoms with van der Waals surface area (Å²) >= 11 is 0. The Morgan fingerprint density at radius 1 is 1.17 bits per heavy atom. The monoisotopic (exact) mass is 246 g/mol. The van der Waals surface area contributed by atoms with Gasteiger partial charge in [-0.3, -0.25) is 4.68 Å². The Bertz CT molecular complexity index is 519. The van der Waals surface area contributed by atoms with Crippen molar-refractivity contribution in [3.63, 3.8) is 0 Å². The molecule has 0 aromatic carbocycles. The van der Waals surface area contributed by atoms with Crippen LogP contribution >= 0.6 is 0 Å². The molecule has 2 heterocycles. The van der Waals surface area contributed by atoms with Gasteiger partial charge >= 0.3 is 0 Å². The summed E-state index contributed by atoms with van der Waals surface area (Å²) in [4.78, 5) is 8.83. The number of aryl methyl sites for hydroxylation is 2. The summed E-state index contributed by atoms with van der Waals surface area (Å²) < 4.78 is 1.75. The fourth-order valence-electron chi connectivity index (χ4n) is 1.60. The summed E-state index contributed by atoms with van der Waals surface area (Å²) in [6.45, 7) is 4.92. The molecule has 96 valence electrons. The smallest absolute Gasteiger partial charge is 0.153 e. The van der Waals surface area contributed by atoms with Crippen molar-refractivity contribution in [1.82, 2.24) is 19.7 Å². The largest absolute Gasteiger partial charge is 0.370 e. The van der Waals surface area contributed by atoms with Gasteiger partial charge in [0.25, 0.3) is 0 Å². The standard InChI is InChI=1S/C12H18N6/c1-4-9-14-11(13-5-2)8-12(15-9)16-10-6-7-18(3)17-10/h6-8H,4-5H2,1-3H3,(H2,13,14,15,16,17). The number of nitrogens with zero attached hydrogens (tertiary/aromatic N) is 4. The van der Waals surface area contributed by atoms with Crippen molar-refractivity contribution in [3.05, 3.63) is 24.2 Å². The van der Waals surface area contributed by atoms with Gasteiger partial charge in [-0.05, 0) is 6.92 Å². The first-order valence-electron chi connectivity index (χ1n) is 6.09. The first-order valence-corrected chi connectivity index (χ1v) is 6.09. The van der Waals surface area contributed by atoms with Gasteiger partial charge in [-0.15, -0.1) is 0 Å². The maximum absolute atomic E-state index is 4.43. The van der Waals surface area contributed by atoms with Crippen molar-refractivity contribution in [2.75, 3.05) is 17.2 Å². The van der Waals surface area contributed by atoms with E-state index >= 15 is 0 Å². The van der Waals surface area contributed by atoms with Crippen LogP contribution in [0.15, 0.2) is 18.3 Å². The zero-order chi connectivity index (χ0) is 13.0. The zero-order valence-electron chi connectivity index (χ0n) is 10.9. The highest BCUT2D eigenvalue weighted by molar-refractivity contribution is 5.55. The number of rotatable bonds is 5. The summed E-state index contributed by atoms with van der Waals surface area (Å²) in [6.07, 6.45) is 2.69. The molecular formula is C12H18N6. The lowest BCUT2D eigenvalue weighted by Crippen LogP contribution is -2.05. The number of hydrogen-bond donors (Lipinski definition) is 2. The van der Waals surface area contributed by atoms with E-state index in [1.165, 1.54) is 0 Å². The minimum absolute atomic E-state index is 0.761. The molecule has 0 aliphatic rings. The Hall–Kier alpha value is -2.11. The van der Waals surface area contributed by atoms with E-state index in [1.807, 2.05) is 39.2 Å². The lowest BCUT2D eigenvalue weighted by molar-refractivity contribution is 0.771. The molecule has 2 rings (SSSR count). The van der Waals surface area contributed by atoms with Gasteiger partial charge in [0.1, 0.15) is 17.5 Å². The first kappa shape index (κ1) is 12.3. The van der Waals surface area contributed by atoms with Crippen molar-refractivity contribution in [1.29, 1.82) is 0 Å². The van der Waals surface area contributed by atoms with E-state index in [9.17, 15) is 0 Å². The number of nitrogens with one attached hydrogen (secondary N) is 2. The van der Waals surface area contributed by atoms with Gasteiger partial charge in [0, 0.05) is 38.3 Å². The summed E-state index contributed by atoms with van der Waals surface area (Å²) in [5, 5.41) is 10.6. The molecule has 0 saturated heterocycles. The van der Waals surface area contributed by atoms with E-state index in [0.717, 1.165) is 36.2 Å². The van der Waals surface area contributed by atoms with Crippen molar-refractivity contribution >= 4 is 17.5 Å². The first-order chi connectivity index (χ1) is 8.71. The zero-order valence-corrected chi connectivity index (χ0v) is 10.9. The normalized spacial score (nSPS) is 10.4. The van der Waals surface area contributed by atoms with Gasteiger partial charge in [-0.1, -0.05) is 6.92 Å². The van der Waals surface area contributed by atoms with E-state index in [-0.39, 0.29) is 0 Å². The van der Waals surface area contributed by atoms with Crippen LogP contribution in [0.3, 0.4) is 0 Å². The van der Waals surface area contributed by atoms with Crippen LogP contribution in [0.1, 0.15) is 19.7 Å². The average Bonchev–Trinajstić information content (AvgIpc) is 2.75. The van der Waals surface area contributed by atoms with Gasteiger partial charge < -0.3 is 10.6 Å². The predicted molar refractivity (Wildman–Crippen MR) is 72.1 cm³/mol. The van der Waals surface area contributed by atoms with Crippen molar-refractivity contribution < 1.29 is 0 Å². The second-order valence-electron chi connectivity index (χ2n) is 3.94. The quantitative estimate of drug-likeness (QED) is 0.844. The molecule has 0 atom stereocenters. The summed E-state index contributed by atoms with van der Waals surface area (Å²) in [6, 6.07) is 3.79. The number of hydrogen-bond acceptors (Lipinski definition) is 5. The molecule has 0 aliphatic carbocycles. The van der Waals surface area contributed by atoms with Crippen LogP contribution in [0.25, 0.3) is 0 Å². The van der Waals surface area contributed by atoms with Crippen LogP contribution in [-0.4, -0.2) is 26.3 Å². The second-order valence-corrected chi connectivity index (χ2v) is 3.94. The third-order valence-corrected chi connectivity index (χ3v) is 2.42. The van der Waals surface area contributed by atoms with E-state index in [2.05, 4.69) is 25.7 Å². The lowest BCUT2D eigenvalue weighted by atomic mass is 10.4. The maximum Gasteiger partial charge on any atom is 0.153 e. The molecular weight excluding hydrogens is 228 g/mol. The topological polar surface area (TPSA) is 67.7 Å². The van der Waals surface area contributed by atoms with E-state index in [0.29, 0.717) is 0 Å². The number of anilines is 3. The van der Waals surface area contributed by atoms with Gasteiger partial charge in [-0.25, -0.2) is 9.97 Å². The molecule has 0 bridgehead atoms. The highest BCUT2D eigenvalue weighted by Gasteiger charge is 2.04. The molecule has 0 spiro atoms. The Kier molecular flexibility index (Phi) is 3.76. The van der Waals surface area contributed by atoms with E-state index in [4.69, 9.17) is 0 Å². The SMILES string of the molecule is CCNc1cc(Nc2ccn(C)n2)nc(CC)n1. The Balaban J connectivity index is 2.23. The van der Waals surface area contributed by atoms with Crippen LogP contribution in [0.4, 0.5) is 17.5 Å². The molecule has 2 aromatic heterocycles. The van der Waals surface area contributed by atoms with Crippen LogP contribution in [-0.2, 0) is 13.5 Å². The number of aromatic nitrogens is 4. The Morgan fingerprint density at radius 3 is 2.56 bits per heavy atom. The molecule has 0 aliphatic heterocycles. The van der Waals surface area contributed by atoms with Crippen molar-refractivity contribution in [3.8, 4) is 0 Å². The molecule has 0 fully saturated rings. The van der Waals surface area contributed by atoms with Crippen LogP contribution in [0.5, 0.6) is 0 Å². The fourth-order valence-corrected chi connectivity index (χ4v) is 1.60. The average molecular weight is 246 g/mol. The summed E-state index contributed by atoms with van der Waals surface area (Å²) in [7, 11) is 1.88. The Morgan fingerprint density at radius 2 is 1.94 bits per heavy atom. The minimum atomic E-state index is 0.761. The van der Waals surface area contributed by atoms with Gasteiger partial charge in [0.2, 0.25) is 0 Å². The molecule has 2 N–H and O–H groups in total. The molecule has 18 heavy (non-hydrogen) atoms. The highest BCUT2D eigenvalue weighted by atomic mass is 15.3. The maximum atomic E-state index is 4.43. The highest BCUT2D eigenvalue weighted by Crippen LogP contribution is 2.16. The summed E-state index contributed by atoms with van der Waals surface area (Å²) in [5.41, 5.74) is 0. The van der Waals surface area contributed by atoms with Gasteiger partial charge in [0.15, 0.2) is 5.82 Å². The van der Waals surface area contributed by atoms with Crippen LogP contribution in [0.2, 0.25) is 0 Å². The van der Waals surface area contributed by atoms with E-state index in [1.54, 1.807) is 4.68 Å². The van der Waals surface area contributed by atoms with Crippen molar-refractivity contribution in [2.24, 2.45) is 7.05 Å². The molecule has 0 amide bonds. The van der Waals surface area contributed by atoms with Crippen LogP contribution in [0, 0.1) is 0 Å². The van der Waals surface area contributed by atoms with Gasteiger partial charge in [0.05, 0.1) is 0 Å². The third kappa shape index (κ3) is 2.97. The second kappa shape index (κ2) is 5.48. The molecule has 0 radical (unpaired) electrons. The molecule has 6 heteroatoms. The third-order valence-electron chi connectivity index (χ3n) is 2.42. The minimum Gasteiger partial charge on any atom is -0.370 e. The van der Waals surface area contributed by atoms with Crippen molar-refractivity contribution in [2.45, 2.75) is 20.3 Å². The van der Waals surface area contributed by atoms with E-state index < -0.39 is 0 Å². The molecule has 0 saturated carbocycles. The van der Waals surface area contributed by atoms with Gasteiger partial charge in [-0.2, -0.15) is 5.10 Å². The van der Waals surface area contributed by atoms with Crippen LogP contribution < -0.4 is 10.6 Å². The lowest BCUT2D eigenvalue weighted by Gasteiger charge is -2.08. The molecule has 2 aromatic rings. The summed E-state index contributed by atoms with van der Waals surface area (Å²) in [5.74, 6) is 3.19. The molecule has 0 unspecified atom stereocenters.